The lowest BCUT2D eigenvalue weighted by molar-refractivity contribution is 0.0708. The van der Waals surface area contributed by atoms with Crippen LogP contribution in [0.5, 0.6) is 0 Å². The molecule has 19 heavy (non-hydrogen) atoms. The van der Waals surface area contributed by atoms with Crippen molar-refractivity contribution in [3.05, 3.63) is 29.5 Å². The van der Waals surface area contributed by atoms with E-state index in [1.165, 1.54) is 0 Å². The van der Waals surface area contributed by atoms with Crippen molar-refractivity contribution < 1.29 is 9.21 Å². The minimum Gasteiger partial charge on any atom is -0.435 e. The van der Waals surface area contributed by atoms with Gasteiger partial charge < -0.3 is 9.32 Å². The van der Waals surface area contributed by atoms with E-state index in [1.807, 2.05) is 18.7 Å². The summed E-state index contributed by atoms with van der Waals surface area (Å²) in [6.45, 7) is 6.65. The van der Waals surface area contributed by atoms with Crippen molar-refractivity contribution >= 4 is 5.91 Å². The highest BCUT2D eigenvalue weighted by atomic mass is 16.4. The van der Waals surface area contributed by atoms with Gasteiger partial charge >= 0.3 is 0 Å². The molecule has 1 amide bonds. The molecule has 0 saturated heterocycles. The summed E-state index contributed by atoms with van der Waals surface area (Å²) in [5.41, 5.74) is 0.697. The molecule has 2 rings (SSSR count). The Kier molecular flexibility index (Phi) is 4.40. The summed E-state index contributed by atoms with van der Waals surface area (Å²) in [6.07, 6.45) is 8.20. The second kappa shape index (κ2) is 6.04. The van der Waals surface area contributed by atoms with E-state index >= 15 is 0 Å². The van der Waals surface area contributed by atoms with Crippen LogP contribution in [0.1, 0.15) is 55.2 Å². The molecule has 0 aliphatic carbocycles. The van der Waals surface area contributed by atoms with Crippen molar-refractivity contribution in [3.63, 3.8) is 0 Å². The summed E-state index contributed by atoms with van der Waals surface area (Å²) in [5.74, 6) is 1.01. The second-order valence-corrected chi connectivity index (χ2v) is 4.97. The van der Waals surface area contributed by atoms with E-state index in [0.29, 0.717) is 30.3 Å². The van der Waals surface area contributed by atoms with Gasteiger partial charge in [0.1, 0.15) is 0 Å². The maximum Gasteiger partial charge on any atom is 0.292 e. The fourth-order valence-corrected chi connectivity index (χ4v) is 2.40. The molecule has 4 heteroatoms. The van der Waals surface area contributed by atoms with Gasteiger partial charge in [-0.1, -0.05) is 38.8 Å². The van der Waals surface area contributed by atoms with Gasteiger partial charge in [0, 0.05) is 13.0 Å². The van der Waals surface area contributed by atoms with Gasteiger partial charge in [-0.3, -0.25) is 4.79 Å². The second-order valence-electron chi connectivity index (χ2n) is 4.97. The van der Waals surface area contributed by atoms with Gasteiger partial charge in [0.05, 0.1) is 11.7 Å². The molecule has 1 aromatic rings. The number of nitrogens with zero attached hydrogens (tertiary/aromatic N) is 2. The van der Waals surface area contributed by atoms with E-state index in [4.69, 9.17) is 4.42 Å². The molecular weight excluding hydrogens is 240 g/mol. The topological polar surface area (TPSA) is 46.3 Å². The van der Waals surface area contributed by atoms with E-state index in [2.05, 4.69) is 24.1 Å². The third-order valence-corrected chi connectivity index (χ3v) is 3.51. The van der Waals surface area contributed by atoms with Crippen molar-refractivity contribution in [2.45, 2.75) is 52.5 Å². The number of carbonyl (C=O) groups is 1. The molecule has 1 aliphatic heterocycles. The number of hydrogen-bond acceptors (Lipinski definition) is 3. The number of carbonyl (C=O) groups excluding carboxylic acids is 1. The molecule has 1 atom stereocenters. The van der Waals surface area contributed by atoms with Crippen LogP contribution in [0.2, 0.25) is 0 Å². The quantitative estimate of drug-likeness (QED) is 0.766. The minimum atomic E-state index is -0.0317. The zero-order chi connectivity index (χ0) is 13.8. The molecule has 0 fully saturated rings. The number of oxazole rings is 1. The lowest BCUT2D eigenvalue weighted by atomic mass is 10.1. The molecule has 0 spiro atoms. The number of hydrogen-bond donors (Lipinski definition) is 0. The molecule has 1 aromatic heterocycles. The van der Waals surface area contributed by atoms with Crippen LogP contribution in [-0.2, 0) is 6.42 Å². The van der Waals surface area contributed by atoms with Crippen molar-refractivity contribution in [2.24, 2.45) is 0 Å². The van der Waals surface area contributed by atoms with Crippen LogP contribution in [0.4, 0.5) is 0 Å². The van der Waals surface area contributed by atoms with Crippen molar-refractivity contribution in [2.75, 3.05) is 6.54 Å². The first-order chi connectivity index (χ1) is 9.17. The van der Waals surface area contributed by atoms with Crippen LogP contribution in [0.15, 0.2) is 16.6 Å². The summed E-state index contributed by atoms with van der Waals surface area (Å²) in [5, 5.41) is 0. The summed E-state index contributed by atoms with van der Waals surface area (Å²) >= 11 is 0. The molecule has 4 nitrogen and oxygen atoms in total. The Labute approximate surface area is 114 Å². The Morgan fingerprint density at radius 1 is 1.53 bits per heavy atom. The number of aromatic nitrogens is 1. The first kappa shape index (κ1) is 13.8. The summed E-state index contributed by atoms with van der Waals surface area (Å²) in [6, 6.07) is 0.210. The maximum atomic E-state index is 12.5. The number of amides is 1. The fraction of sp³-hybridized carbons (Fsp3) is 0.600. The summed E-state index contributed by atoms with van der Waals surface area (Å²) < 4.78 is 5.56. The number of unbranched alkanes of at least 4 members (excludes halogenated alkanes) is 1. The van der Waals surface area contributed by atoms with E-state index in [9.17, 15) is 4.79 Å². The Hall–Kier alpha value is -1.58. The molecule has 0 unspecified atom stereocenters. The van der Waals surface area contributed by atoms with Crippen molar-refractivity contribution in [1.29, 1.82) is 0 Å². The van der Waals surface area contributed by atoms with Gasteiger partial charge in [-0.05, 0) is 13.3 Å². The monoisotopic (exact) mass is 262 g/mol. The molecule has 0 aromatic carbocycles. The maximum absolute atomic E-state index is 12.5. The van der Waals surface area contributed by atoms with Crippen LogP contribution in [0.3, 0.4) is 0 Å². The molecule has 0 radical (unpaired) electrons. The molecule has 0 N–H and O–H groups in total. The highest BCUT2D eigenvalue weighted by Gasteiger charge is 2.29. The molecule has 2 heterocycles. The average Bonchev–Trinajstić information content (AvgIpc) is 3.01. The smallest absolute Gasteiger partial charge is 0.292 e. The fourth-order valence-electron chi connectivity index (χ4n) is 2.40. The van der Waals surface area contributed by atoms with Crippen molar-refractivity contribution in [1.82, 2.24) is 9.88 Å². The highest BCUT2D eigenvalue weighted by molar-refractivity contribution is 5.93. The third kappa shape index (κ3) is 2.88. The summed E-state index contributed by atoms with van der Waals surface area (Å²) in [7, 11) is 0. The van der Waals surface area contributed by atoms with Gasteiger partial charge in [0.2, 0.25) is 5.76 Å². The van der Waals surface area contributed by atoms with Crippen LogP contribution in [-0.4, -0.2) is 28.4 Å². The number of aryl methyl sites for hydroxylation is 2. The average molecular weight is 262 g/mol. The van der Waals surface area contributed by atoms with Crippen LogP contribution < -0.4 is 0 Å². The Morgan fingerprint density at radius 2 is 2.32 bits per heavy atom. The predicted molar refractivity (Wildman–Crippen MR) is 74.1 cm³/mol. The van der Waals surface area contributed by atoms with Gasteiger partial charge in [-0.15, -0.1) is 0 Å². The molecule has 0 saturated carbocycles. The van der Waals surface area contributed by atoms with Crippen molar-refractivity contribution in [3.8, 4) is 0 Å². The first-order valence-electron chi connectivity index (χ1n) is 7.11. The van der Waals surface area contributed by atoms with Crippen LogP contribution in [0.25, 0.3) is 0 Å². The zero-order valence-corrected chi connectivity index (χ0v) is 12.0. The van der Waals surface area contributed by atoms with Crippen LogP contribution >= 0.6 is 0 Å². The standard InChI is InChI=1S/C15H22N2O2/c1-4-6-8-12-9-7-10-17(12)15(18)14-11(3)16-13(5-2)19-14/h7,9,12H,4-6,8,10H2,1-3H3/t12-/m0/s1. The normalized spacial score (nSPS) is 18.3. The van der Waals surface area contributed by atoms with Gasteiger partial charge in [0.15, 0.2) is 5.89 Å². The lowest BCUT2D eigenvalue weighted by Gasteiger charge is -2.23. The Bertz CT molecular complexity index is 476. The minimum absolute atomic E-state index is 0.0317. The molecule has 1 aliphatic rings. The van der Waals surface area contributed by atoms with Gasteiger partial charge in [-0.2, -0.15) is 0 Å². The summed E-state index contributed by atoms with van der Waals surface area (Å²) in [4.78, 5) is 18.7. The van der Waals surface area contributed by atoms with E-state index in [0.717, 1.165) is 19.3 Å². The molecule has 0 bridgehead atoms. The Morgan fingerprint density at radius 3 is 2.95 bits per heavy atom. The lowest BCUT2D eigenvalue weighted by Crippen LogP contribution is -2.36. The van der Waals surface area contributed by atoms with E-state index in [1.54, 1.807) is 0 Å². The van der Waals surface area contributed by atoms with E-state index < -0.39 is 0 Å². The predicted octanol–water partition coefficient (Wildman–Crippen LogP) is 3.12. The van der Waals surface area contributed by atoms with Gasteiger partial charge in [-0.25, -0.2) is 4.98 Å². The number of rotatable bonds is 5. The van der Waals surface area contributed by atoms with E-state index in [-0.39, 0.29) is 11.9 Å². The largest absolute Gasteiger partial charge is 0.435 e. The highest BCUT2D eigenvalue weighted by Crippen LogP contribution is 2.21. The molecular formula is C15H22N2O2. The van der Waals surface area contributed by atoms with Crippen LogP contribution in [0, 0.1) is 6.92 Å². The molecule has 104 valence electrons. The Balaban J connectivity index is 2.12. The zero-order valence-electron chi connectivity index (χ0n) is 12.0. The SMILES string of the molecule is CCCC[C@H]1C=CCN1C(=O)c1oc(CC)nc1C. The third-order valence-electron chi connectivity index (χ3n) is 3.51. The van der Waals surface area contributed by atoms with Gasteiger partial charge in [0.25, 0.3) is 5.91 Å². The first-order valence-corrected chi connectivity index (χ1v) is 7.11.